The molecule has 0 saturated heterocycles. The quantitative estimate of drug-likeness (QED) is 0.644. The molecular formula is C27H36O5. The molecule has 5 nitrogen and oxygen atoms in total. The average Bonchev–Trinajstić information content (AvgIpc) is 3.30. The summed E-state index contributed by atoms with van der Waals surface area (Å²) in [7, 11) is 1.43. The molecule has 1 aromatic carbocycles. The highest BCUT2D eigenvalue weighted by Crippen LogP contribution is 2.64. The van der Waals surface area contributed by atoms with Crippen LogP contribution in [0.1, 0.15) is 57.1 Å². The Morgan fingerprint density at radius 1 is 1.19 bits per heavy atom. The van der Waals surface area contributed by atoms with Crippen molar-refractivity contribution in [2.45, 2.75) is 70.5 Å². The average molecular weight is 441 g/mol. The van der Waals surface area contributed by atoms with Crippen LogP contribution >= 0.6 is 0 Å². The number of rotatable bonds is 6. The van der Waals surface area contributed by atoms with E-state index in [1.165, 1.54) is 7.11 Å². The van der Waals surface area contributed by atoms with E-state index in [4.69, 9.17) is 9.15 Å². The minimum atomic E-state index is -1.01. The van der Waals surface area contributed by atoms with Crippen LogP contribution in [0.5, 0.6) is 0 Å². The number of aryl methyl sites for hydroxylation is 1. The van der Waals surface area contributed by atoms with E-state index < -0.39 is 22.5 Å². The molecule has 5 heteroatoms. The number of esters is 1. The molecule has 0 aliphatic heterocycles. The van der Waals surface area contributed by atoms with E-state index >= 15 is 0 Å². The van der Waals surface area contributed by atoms with E-state index in [-0.39, 0.29) is 17.8 Å². The van der Waals surface area contributed by atoms with Crippen molar-refractivity contribution in [3.63, 3.8) is 0 Å². The molecule has 1 aromatic heterocycles. The number of aliphatic hydroxyl groups is 2. The van der Waals surface area contributed by atoms with Gasteiger partial charge in [-0.3, -0.25) is 4.79 Å². The molecule has 0 radical (unpaired) electrons. The third-order valence-electron chi connectivity index (χ3n) is 8.71. The number of methoxy groups -OCH3 is 1. The predicted octanol–water partition coefficient (Wildman–Crippen LogP) is 4.55. The lowest BCUT2D eigenvalue weighted by Crippen LogP contribution is -2.69. The van der Waals surface area contributed by atoms with Gasteiger partial charge in [-0.2, -0.15) is 0 Å². The van der Waals surface area contributed by atoms with Gasteiger partial charge in [-0.25, -0.2) is 0 Å². The van der Waals surface area contributed by atoms with Gasteiger partial charge in [0.1, 0.15) is 0 Å². The monoisotopic (exact) mass is 440 g/mol. The summed E-state index contributed by atoms with van der Waals surface area (Å²) in [6.07, 6.45) is 7.17. The number of aliphatic hydroxyl groups excluding tert-OH is 1. The van der Waals surface area contributed by atoms with Crippen LogP contribution in [0, 0.1) is 22.7 Å². The Kier molecular flexibility index (Phi) is 6.25. The summed E-state index contributed by atoms with van der Waals surface area (Å²) in [5, 5.41) is 23.7. The van der Waals surface area contributed by atoms with Gasteiger partial charge in [0.05, 0.1) is 36.8 Å². The maximum Gasteiger partial charge on any atom is 0.312 e. The van der Waals surface area contributed by atoms with E-state index in [0.717, 1.165) is 24.0 Å². The van der Waals surface area contributed by atoms with Crippen LogP contribution in [-0.2, 0) is 22.4 Å². The lowest BCUT2D eigenvalue weighted by Gasteiger charge is -2.64. The molecule has 0 bridgehead atoms. The van der Waals surface area contributed by atoms with Crippen molar-refractivity contribution in [1.29, 1.82) is 0 Å². The molecule has 2 aliphatic carbocycles. The zero-order valence-electron chi connectivity index (χ0n) is 19.4. The minimum absolute atomic E-state index is 0.0872. The van der Waals surface area contributed by atoms with Gasteiger partial charge in [-0.05, 0) is 61.6 Å². The first-order valence-corrected chi connectivity index (χ1v) is 11.8. The standard InChI is InChI=1S/C27H36O5/c1-19-16-22(28)23-25(2,27(19,30)14-10-21-11-15-32-18-21)12-7-13-26(23,24(29)31-3)17-20-8-5-4-6-9-20/h4-6,8-9,11,15,18-19,22-23,28,30H,7,10,12-14,16-17H2,1-3H3/t19-,22-,23-,25+,26+,27-/m1/s1. The molecule has 0 amide bonds. The molecule has 2 aliphatic rings. The maximum absolute atomic E-state index is 13.4. The molecule has 6 atom stereocenters. The summed E-state index contributed by atoms with van der Waals surface area (Å²) in [5.41, 5.74) is -0.391. The predicted molar refractivity (Wildman–Crippen MR) is 122 cm³/mol. The molecule has 2 saturated carbocycles. The number of fused-ring (bicyclic) bond motifs is 1. The minimum Gasteiger partial charge on any atom is -0.472 e. The molecule has 32 heavy (non-hydrogen) atoms. The van der Waals surface area contributed by atoms with Crippen molar-refractivity contribution in [3.05, 3.63) is 60.1 Å². The Morgan fingerprint density at radius 2 is 1.94 bits per heavy atom. The zero-order valence-corrected chi connectivity index (χ0v) is 19.4. The lowest BCUT2D eigenvalue weighted by molar-refractivity contribution is -0.251. The number of ether oxygens (including phenoxy) is 1. The molecule has 2 N–H and O–H groups in total. The van der Waals surface area contributed by atoms with Gasteiger partial charge in [0.2, 0.25) is 0 Å². The van der Waals surface area contributed by atoms with Crippen LogP contribution in [0.4, 0.5) is 0 Å². The number of furan rings is 1. The van der Waals surface area contributed by atoms with Gasteiger partial charge in [0, 0.05) is 11.3 Å². The van der Waals surface area contributed by atoms with Crippen LogP contribution in [0.2, 0.25) is 0 Å². The molecule has 0 spiro atoms. The first-order chi connectivity index (χ1) is 15.3. The van der Waals surface area contributed by atoms with Crippen molar-refractivity contribution in [1.82, 2.24) is 0 Å². The van der Waals surface area contributed by atoms with E-state index in [1.807, 2.05) is 43.3 Å². The van der Waals surface area contributed by atoms with Crippen LogP contribution in [0.15, 0.2) is 53.3 Å². The highest BCUT2D eigenvalue weighted by molar-refractivity contribution is 5.78. The van der Waals surface area contributed by atoms with Crippen LogP contribution in [0.25, 0.3) is 0 Å². The van der Waals surface area contributed by atoms with Gasteiger partial charge in [0.25, 0.3) is 0 Å². The van der Waals surface area contributed by atoms with Crippen molar-refractivity contribution in [2.75, 3.05) is 7.11 Å². The van der Waals surface area contributed by atoms with Crippen molar-refractivity contribution in [3.8, 4) is 0 Å². The highest BCUT2D eigenvalue weighted by Gasteiger charge is 2.68. The summed E-state index contributed by atoms with van der Waals surface area (Å²) in [4.78, 5) is 13.4. The van der Waals surface area contributed by atoms with Gasteiger partial charge in [-0.1, -0.05) is 50.6 Å². The van der Waals surface area contributed by atoms with E-state index in [9.17, 15) is 15.0 Å². The number of hydrogen-bond acceptors (Lipinski definition) is 5. The van der Waals surface area contributed by atoms with E-state index in [0.29, 0.717) is 32.1 Å². The zero-order chi connectivity index (χ0) is 23.0. The molecule has 2 fully saturated rings. The molecule has 174 valence electrons. The van der Waals surface area contributed by atoms with E-state index in [2.05, 4.69) is 6.92 Å². The first kappa shape index (κ1) is 23.1. The lowest BCUT2D eigenvalue weighted by atomic mass is 9.42. The summed E-state index contributed by atoms with van der Waals surface area (Å²) >= 11 is 0. The SMILES string of the molecule is COC(=O)[C@]1(Cc2ccccc2)CCC[C@@]2(C)[C@H]1[C@H](O)C[C@@H](C)[C@]2(O)CCc1ccoc1. The number of benzene rings is 1. The van der Waals surface area contributed by atoms with Crippen LogP contribution < -0.4 is 0 Å². The van der Waals surface area contributed by atoms with Gasteiger partial charge >= 0.3 is 5.97 Å². The molecule has 1 heterocycles. The maximum atomic E-state index is 13.4. The summed E-state index contributed by atoms with van der Waals surface area (Å²) in [6.45, 7) is 4.12. The fraction of sp³-hybridized carbons (Fsp3) is 0.593. The van der Waals surface area contributed by atoms with Crippen molar-refractivity contribution < 1.29 is 24.2 Å². The second kappa shape index (κ2) is 8.68. The third-order valence-corrected chi connectivity index (χ3v) is 8.71. The third kappa shape index (κ3) is 3.60. The normalized spacial score (nSPS) is 37.0. The van der Waals surface area contributed by atoms with Gasteiger partial charge in [0.15, 0.2) is 0 Å². The highest BCUT2D eigenvalue weighted by atomic mass is 16.5. The largest absolute Gasteiger partial charge is 0.472 e. The van der Waals surface area contributed by atoms with Crippen LogP contribution in [-0.4, -0.2) is 35.0 Å². The summed E-state index contributed by atoms with van der Waals surface area (Å²) in [5.74, 6) is -0.749. The van der Waals surface area contributed by atoms with Gasteiger partial charge < -0.3 is 19.4 Å². The number of hydrogen-bond donors (Lipinski definition) is 2. The fourth-order valence-electron chi connectivity index (χ4n) is 7.19. The smallest absolute Gasteiger partial charge is 0.312 e. The summed E-state index contributed by atoms with van der Waals surface area (Å²) in [6, 6.07) is 11.9. The fourth-order valence-corrected chi connectivity index (χ4v) is 7.19. The molecule has 2 aromatic rings. The van der Waals surface area contributed by atoms with Gasteiger partial charge in [-0.15, -0.1) is 0 Å². The molecule has 4 rings (SSSR count). The Bertz CT molecular complexity index is 909. The van der Waals surface area contributed by atoms with E-state index in [1.54, 1.807) is 12.5 Å². The number of carbonyl (C=O) groups is 1. The molecular weight excluding hydrogens is 404 g/mol. The second-order valence-electron chi connectivity index (χ2n) is 10.3. The van der Waals surface area contributed by atoms with Crippen LogP contribution in [0.3, 0.4) is 0 Å². The first-order valence-electron chi connectivity index (χ1n) is 11.8. The molecule has 0 unspecified atom stereocenters. The van der Waals surface area contributed by atoms with Crippen molar-refractivity contribution in [2.24, 2.45) is 22.7 Å². The van der Waals surface area contributed by atoms with Crippen molar-refractivity contribution >= 4 is 5.97 Å². The Balaban J connectivity index is 1.77. The topological polar surface area (TPSA) is 79.9 Å². The Hall–Kier alpha value is -2.11. The second-order valence-corrected chi connectivity index (χ2v) is 10.3. The Labute approximate surface area is 190 Å². The summed E-state index contributed by atoms with van der Waals surface area (Å²) < 4.78 is 10.6. The number of carbonyl (C=O) groups excluding carboxylic acids is 1. The Morgan fingerprint density at radius 3 is 2.59 bits per heavy atom.